The molecule has 0 radical (unpaired) electrons. The Balaban J connectivity index is 1.07. The molecule has 0 atom stereocenters. The Morgan fingerprint density at radius 3 is 1.56 bits per heavy atom. The second kappa shape index (κ2) is 11.9. The molecule has 0 bridgehead atoms. The van der Waals surface area contributed by atoms with Crippen molar-refractivity contribution in [3.8, 4) is 51.3 Å². The molecule has 2 aromatic heterocycles. The van der Waals surface area contributed by atoms with Crippen LogP contribution in [0.15, 0.2) is 176 Å². The monoisotopic (exact) mass is 663 g/mol. The van der Waals surface area contributed by atoms with Gasteiger partial charge in [-0.2, -0.15) is 5.26 Å². The molecular weight excluding hydrogens is 635 g/mol. The standard InChI is InChI=1S/C47H29N5/c48-30-31-18-28-37(29-19-31)51-43-17-9-8-16-42(43)49-46(51)34-24-20-32(21-25-34)33-22-26-35(27-23-33)47-50-44-40-14-6-4-12-38(40)39-13-5-7-15-41(39)45(44)52(47)36-10-2-1-3-11-36/h1-29H. The number of fused-ring (bicyclic) bond motifs is 7. The van der Waals surface area contributed by atoms with E-state index in [1.807, 2.05) is 42.5 Å². The van der Waals surface area contributed by atoms with Crippen LogP contribution in [0.4, 0.5) is 0 Å². The number of imidazole rings is 2. The quantitative estimate of drug-likeness (QED) is 0.172. The molecule has 0 amide bonds. The zero-order chi connectivity index (χ0) is 34.6. The summed E-state index contributed by atoms with van der Waals surface area (Å²) in [5.41, 5.74) is 11.0. The van der Waals surface area contributed by atoms with E-state index in [1.54, 1.807) is 0 Å². The molecule has 0 unspecified atom stereocenters. The summed E-state index contributed by atoms with van der Waals surface area (Å²) in [6, 6.07) is 63.1. The molecule has 52 heavy (non-hydrogen) atoms. The molecule has 10 aromatic rings. The van der Waals surface area contributed by atoms with E-state index in [-0.39, 0.29) is 0 Å². The molecule has 0 N–H and O–H groups in total. The third-order valence-electron chi connectivity index (χ3n) is 9.98. The van der Waals surface area contributed by atoms with E-state index in [1.165, 1.54) is 16.2 Å². The van der Waals surface area contributed by atoms with Crippen LogP contribution in [-0.4, -0.2) is 19.1 Å². The van der Waals surface area contributed by atoms with Crippen molar-refractivity contribution < 1.29 is 0 Å². The third kappa shape index (κ3) is 4.70. The summed E-state index contributed by atoms with van der Waals surface area (Å²) in [7, 11) is 0. The Bertz CT molecular complexity index is 2980. The first-order valence-electron chi connectivity index (χ1n) is 17.3. The average molecular weight is 664 g/mol. The van der Waals surface area contributed by atoms with Gasteiger partial charge in [-0.3, -0.25) is 9.13 Å². The molecule has 5 heteroatoms. The van der Waals surface area contributed by atoms with Gasteiger partial charge in [0.1, 0.15) is 11.6 Å². The lowest BCUT2D eigenvalue weighted by atomic mass is 10.00. The third-order valence-corrected chi connectivity index (χ3v) is 9.98. The van der Waals surface area contributed by atoms with Crippen molar-refractivity contribution >= 4 is 43.6 Å². The van der Waals surface area contributed by atoms with Gasteiger partial charge >= 0.3 is 0 Å². The molecule has 0 spiro atoms. The van der Waals surface area contributed by atoms with Crippen LogP contribution in [0.2, 0.25) is 0 Å². The zero-order valence-corrected chi connectivity index (χ0v) is 28.0. The molecule has 0 aliphatic rings. The first kappa shape index (κ1) is 29.6. The predicted molar refractivity (Wildman–Crippen MR) is 212 cm³/mol. The molecular formula is C47H29N5. The lowest BCUT2D eigenvalue weighted by Crippen LogP contribution is -1.98. The van der Waals surface area contributed by atoms with Crippen molar-refractivity contribution in [2.24, 2.45) is 0 Å². The predicted octanol–water partition coefficient (Wildman–Crippen LogP) is 11.5. The van der Waals surface area contributed by atoms with E-state index >= 15 is 0 Å². The molecule has 242 valence electrons. The molecule has 0 saturated carbocycles. The van der Waals surface area contributed by atoms with E-state index < -0.39 is 0 Å². The van der Waals surface area contributed by atoms with Crippen LogP contribution in [0.1, 0.15) is 5.56 Å². The molecule has 2 heterocycles. The number of nitrogens with zero attached hydrogens (tertiary/aromatic N) is 5. The summed E-state index contributed by atoms with van der Waals surface area (Å²) in [4.78, 5) is 10.4. The number of rotatable bonds is 5. The van der Waals surface area contributed by atoms with Crippen molar-refractivity contribution in [1.82, 2.24) is 19.1 Å². The zero-order valence-electron chi connectivity index (χ0n) is 28.0. The maximum Gasteiger partial charge on any atom is 0.145 e. The normalized spacial score (nSPS) is 11.4. The summed E-state index contributed by atoms with van der Waals surface area (Å²) in [5.74, 6) is 1.76. The minimum absolute atomic E-state index is 0.629. The second-order valence-corrected chi connectivity index (χ2v) is 13.0. The first-order chi connectivity index (χ1) is 25.7. The highest BCUT2D eigenvalue weighted by Crippen LogP contribution is 2.39. The van der Waals surface area contributed by atoms with E-state index in [0.717, 1.165) is 72.7 Å². The van der Waals surface area contributed by atoms with Crippen molar-refractivity contribution in [2.75, 3.05) is 0 Å². The highest BCUT2D eigenvalue weighted by Gasteiger charge is 2.20. The molecule has 0 fully saturated rings. The van der Waals surface area contributed by atoms with Crippen LogP contribution in [0, 0.1) is 11.3 Å². The fourth-order valence-corrected chi connectivity index (χ4v) is 7.52. The van der Waals surface area contributed by atoms with Crippen molar-refractivity contribution in [2.45, 2.75) is 0 Å². The van der Waals surface area contributed by atoms with Gasteiger partial charge in [0, 0.05) is 33.3 Å². The molecule has 5 nitrogen and oxygen atoms in total. The highest BCUT2D eigenvalue weighted by molar-refractivity contribution is 6.24. The van der Waals surface area contributed by atoms with Crippen molar-refractivity contribution in [3.05, 3.63) is 181 Å². The average Bonchev–Trinajstić information content (AvgIpc) is 3.82. The molecule has 0 aliphatic carbocycles. The topological polar surface area (TPSA) is 59.4 Å². The van der Waals surface area contributed by atoms with Crippen molar-refractivity contribution in [1.29, 1.82) is 5.26 Å². The Kier molecular flexibility index (Phi) is 6.80. The highest BCUT2D eigenvalue weighted by atomic mass is 15.1. The second-order valence-electron chi connectivity index (χ2n) is 13.0. The summed E-state index contributed by atoms with van der Waals surface area (Å²) in [6.07, 6.45) is 0. The van der Waals surface area contributed by atoms with E-state index in [4.69, 9.17) is 9.97 Å². The largest absolute Gasteiger partial charge is 0.292 e. The van der Waals surface area contributed by atoms with Gasteiger partial charge in [-0.15, -0.1) is 0 Å². The smallest absolute Gasteiger partial charge is 0.145 e. The number of hydrogen-bond donors (Lipinski definition) is 0. The summed E-state index contributed by atoms with van der Waals surface area (Å²) in [5, 5.41) is 14.1. The number of nitriles is 1. The lowest BCUT2D eigenvalue weighted by Gasteiger charge is -2.13. The van der Waals surface area contributed by atoms with Crippen LogP contribution < -0.4 is 0 Å². The Morgan fingerprint density at radius 2 is 0.904 bits per heavy atom. The maximum atomic E-state index is 9.34. The lowest BCUT2D eigenvalue weighted by molar-refractivity contribution is 1.10. The fourth-order valence-electron chi connectivity index (χ4n) is 7.52. The van der Waals surface area contributed by atoms with Crippen LogP contribution in [0.5, 0.6) is 0 Å². The van der Waals surface area contributed by atoms with Gasteiger partial charge in [0.2, 0.25) is 0 Å². The van der Waals surface area contributed by atoms with Gasteiger partial charge in [0.15, 0.2) is 0 Å². The van der Waals surface area contributed by atoms with Gasteiger partial charge in [0.25, 0.3) is 0 Å². The molecule has 0 saturated heterocycles. The molecule has 10 rings (SSSR count). The van der Waals surface area contributed by atoms with Gasteiger partial charge in [-0.1, -0.05) is 127 Å². The van der Waals surface area contributed by atoms with E-state index in [0.29, 0.717) is 5.56 Å². The fraction of sp³-hybridized carbons (Fsp3) is 0. The maximum absolute atomic E-state index is 9.34. The van der Waals surface area contributed by atoms with Crippen molar-refractivity contribution in [3.63, 3.8) is 0 Å². The summed E-state index contributed by atoms with van der Waals surface area (Å²) >= 11 is 0. The Labute approximate surface area is 299 Å². The van der Waals surface area contributed by atoms with Gasteiger partial charge in [-0.05, 0) is 70.4 Å². The van der Waals surface area contributed by atoms with E-state index in [9.17, 15) is 5.26 Å². The van der Waals surface area contributed by atoms with E-state index in [2.05, 4.69) is 149 Å². The molecule has 0 aliphatic heterocycles. The SMILES string of the molecule is N#Cc1ccc(-n2c(-c3ccc(-c4ccc(-c5nc6c7ccccc7c7ccccc7c6n5-c5ccccc5)cc4)cc3)nc3ccccc32)cc1. The summed E-state index contributed by atoms with van der Waals surface area (Å²) < 4.78 is 4.47. The Hall–Kier alpha value is -7.29. The minimum Gasteiger partial charge on any atom is -0.292 e. The number of hydrogen-bond acceptors (Lipinski definition) is 3. The number of aromatic nitrogens is 4. The number of para-hydroxylation sites is 3. The van der Waals surface area contributed by atoms with Gasteiger partial charge in [-0.25, -0.2) is 9.97 Å². The van der Waals surface area contributed by atoms with Gasteiger partial charge in [0.05, 0.1) is 33.7 Å². The molecule has 8 aromatic carbocycles. The number of benzene rings is 8. The minimum atomic E-state index is 0.629. The van der Waals surface area contributed by atoms with Gasteiger partial charge < -0.3 is 0 Å². The summed E-state index contributed by atoms with van der Waals surface area (Å²) in [6.45, 7) is 0. The van der Waals surface area contributed by atoms with Crippen LogP contribution >= 0.6 is 0 Å². The van der Waals surface area contributed by atoms with Crippen LogP contribution in [0.25, 0.3) is 88.9 Å². The first-order valence-corrected chi connectivity index (χ1v) is 17.3. The Morgan fingerprint density at radius 1 is 0.404 bits per heavy atom. The van der Waals surface area contributed by atoms with Crippen LogP contribution in [0.3, 0.4) is 0 Å². The van der Waals surface area contributed by atoms with Crippen LogP contribution in [-0.2, 0) is 0 Å².